The fourth-order valence-electron chi connectivity index (χ4n) is 1.45. The van der Waals surface area contributed by atoms with Crippen molar-refractivity contribution in [1.82, 2.24) is 5.32 Å². The van der Waals surface area contributed by atoms with Gasteiger partial charge in [0.15, 0.2) is 4.67 Å². The Labute approximate surface area is 115 Å². The molecule has 17 heavy (non-hydrogen) atoms. The predicted octanol–water partition coefficient (Wildman–Crippen LogP) is 4.23. The van der Waals surface area contributed by atoms with Crippen LogP contribution in [0.3, 0.4) is 0 Å². The number of halogens is 3. The first kappa shape index (κ1) is 12.8. The van der Waals surface area contributed by atoms with Crippen LogP contribution in [0.2, 0.25) is 0 Å². The molecule has 0 saturated heterocycles. The summed E-state index contributed by atoms with van der Waals surface area (Å²) in [5, 5.41) is 3.12. The largest absolute Gasteiger partial charge is 0.453 e. The Balaban J connectivity index is 1.91. The Morgan fingerprint density at radius 3 is 2.65 bits per heavy atom. The van der Waals surface area contributed by atoms with Crippen molar-refractivity contribution in [2.24, 2.45) is 0 Å². The maximum Gasteiger partial charge on any atom is 0.169 e. The van der Waals surface area contributed by atoms with E-state index < -0.39 is 0 Å². The molecule has 5 heteroatoms. The Hall–Kier alpha value is -0.650. The quantitative estimate of drug-likeness (QED) is 0.880. The van der Waals surface area contributed by atoms with Crippen LogP contribution in [0.15, 0.2) is 43.9 Å². The molecule has 90 valence electrons. The van der Waals surface area contributed by atoms with E-state index in [2.05, 4.69) is 37.2 Å². The van der Waals surface area contributed by atoms with E-state index >= 15 is 0 Å². The molecule has 0 amide bonds. The first-order valence-corrected chi connectivity index (χ1v) is 6.62. The second-order valence-corrected chi connectivity index (χ2v) is 5.24. The minimum absolute atomic E-state index is 0.207. The zero-order valence-corrected chi connectivity index (χ0v) is 12.0. The lowest BCUT2D eigenvalue weighted by molar-refractivity contribution is 0.463. The van der Waals surface area contributed by atoms with Gasteiger partial charge in [-0.2, -0.15) is 0 Å². The lowest BCUT2D eigenvalue weighted by atomic mass is 10.2. The van der Waals surface area contributed by atoms with E-state index in [0.717, 1.165) is 10.2 Å². The van der Waals surface area contributed by atoms with E-state index in [1.54, 1.807) is 12.1 Å². The lowest BCUT2D eigenvalue weighted by Gasteiger charge is -2.05. The van der Waals surface area contributed by atoms with Crippen molar-refractivity contribution in [3.8, 4) is 0 Å². The molecule has 0 saturated carbocycles. The van der Waals surface area contributed by atoms with Crippen LogP contribution in [0.4, 0.5) is 4.39 Å². The molecule has 0 atom stereocenters. The highest BCUT2D eigenvalue weighted by Gasteiger charge is 2.03. The molecule has 0 aliphatic heterocycles. The third kappa shape index (κ3) is 3.66. The van der Waals surface area contributed by atoms with Crippen LogP contribution in [0.5, 0.6) is 0 Å². The number of hydrogen-bond donors (Lipinski definition) is 1. The molecule has 0 radical (unpaired) electrons. The van der Waals surface area contributed by atoms with Gasteiger partial charge in [-0.05, 0) is 46.3 Å². The molecule has 1 heterocycles. The summed E-state index contributed by atoms with van der Waals surface area (Å²) in [6.07, 6.45) is 0. The summed E-state index contributed by atoms with van der Waals surface area (Å²) >= 11 is 6.55. The molecule has 0 unspecified atom stereocenters. The van der Waals surface area contributed by atoms with Crippen LogP contribution in [0.25, 0.3) is 0 Å². The Bertz CT molecular complexity index is 513. The summed E-state index contributed by atoms with van der Waals surface area (Å²) in [4.78, 5) is 0. The maximum absolute atomic E-state index is 13.4. The summed E-state index contributed by atoms with van der Waals surface area (Å²) in [5.41, 5.74) is 0.630. The molecule has 0 spiro atoms. The summed E-state index contributed by atoms with van der Waals surface area (Å²) < 4.78 is 20.3. The van der Waals surface area contributed by atoms with Gasteiger partial charge >= 0.3 is 0 Å². The highest BCUT2D eigenvalue weighted by atomic mass is 79.9. The molecule has 0 aliphatic carbocycles. The molecular weight excluding hydrogens is 353 g/mol. The molecule has 0 fully saturated rings. The smallest absolute Gasteiger partial charge is 0.169 e. The van der Waals surface area contributed by atoms with Crippen LogP contribution in [-0.4, -0.2) is 0 Å². The lowest BCUT2D eigenvalue weighted by Crippen LogP contribution is -2.13. The monoisotopic (exact) mass is 361 g/mol. The van der Waals surface area contributed by atoms with Gasteiger partial charge in [0.2, 0.25) is 0 Å². The van der Waals surface area contributed by atoms with Crippen LogP contribution in [0, 0.1) is 5.82 Å². The molecule has 0 aliphatic rings. The van der Waals surface area contributed by atoms with Crippen molar-refractivity contribution in [3.05, 3.63) is 56.6 Å². The van der Waals surface area contributed by atoms with Gasteiger partial charge in [0, 0.05) is 16.6 Å². The highest BCUT2D eigenvalue weighted by molar-refractivity contribution is 9.10. The number of hydrogen-bond acceptors (Lipinski definition) is 2. The zero-order valence-electron chi connectivity index (χ0n) is 8.84. The van der Waals surface area contributed by atoms with Crippen LogP contribution >= 0.6 is 31.9 Å². The van der Waals surface area contributed by atoms with Gasteiger partial charge in [-0.3, -0.25) is 0 Å². The fourth-order valence-corrected chi connectivity index (χ4v) is 2.19. The Morgan fingerprint density at radius 1 is 1.12 bits per heavy atom. The van der Waals surface area contributed by atoms with E-state index in [0.29, 0.717) is 23.3 Å². The molecule has 2 nitrogen and oxygen atoms in total. The number of nitrogens with one attached hydrogen (secondary N) is 1. The Morgan fingerprint density at radius 2 is 1.94 bits per heavy atom. The second-order valence-electron chi connectivity index (χ2n) is 3.55. The molecule has 1 aromatic heterocycles. The molecule has 2 rings (SSSR count). The van der Waals surface area contributed by atoms with Gasteiger partial charge in [-0.25, -0.2) is 4.39 Å². The maximum atomic E-state index is 13.4. The van der Waals surface area contributed by atoms with E-state index in [1.165, 1.54) is 6.07 Å². The van der Waals surface area contributed by atoms with Gasteiger partial charge in [0.05, 0.1) is 6.54 Å². The summed E-state index contributed by atoms with van der Waals surface area (Å²) in [6, 6.07) is 8.60. The van der Waals surface area contributed by atoms with Crippen LogP contribution < -0.4 is 5.32 Å². The molecule has 1 N–H and O–H groups in total. The molecule has 2 aromatic rings. The minimum Gasteiger partial charge on any atom is -0.453 e. The van der Waals surface area contributed by atoms with Crippen LogP contribution in [0.1, 0.15) is 11.3 Å². The normalized spacial score (nSPS) is 10.8. The fraction of sp³-hybridized carbons (Fsp3) is 0.167. The van der Waals surface area contributed by atoms with Crippen molar-refractivity contribution >= 4 is 31.9 Å². The third-order valence-corrected chi connectivity index (χ3v) is 3.17. The highest BCUT2D eigenvalue weighted by Crippen LogP contribution is 2.16. The first-order chi connectivity index (χ1) is 8.15. The topological polar surface area (TPSA) is 25.2 Å². The zero-order chi connectivity index (χ0) is 12.3. The van der Waals surface area contributed by atoms with E-state index in [1.807, 2.05) is 12.1 Å². The number of rotatable bonds is 4. The molecule has 0 bridgehead atoms. The van der Waals surface area contributed by atoms with Gasteiger partial charge < -0.3 is 9.73 Å². The first-order valence-electron chi connectivity index (χ1n) is 5.04. The van der Waals surface area contributed by atoms with Crippen molar-refractivity contribution in [3.63, 3.8) is 0 Å². The predicted molar refractivity (Wildman–Crippen MR) is 71.1 cm³/mol. The van der Waals surface area contributed by atoms with E-state index in [4.69, 9.17) is 4.42 Å². The van der Waals surface area contributed by atoms with Crippen molar-refractivity contribution in [2.45, 2.75) is 13.1 Å². The molecular formula is C12H10Br2FNO. The summed E-state index contributed by atoms with van der Waals surface area (Å²) in [7, 11) is 0. The molecule has 1 aromatic carbocycles. The van der Waals surface area contributed by atoms with Crippen LogP contribution in [-0.2, 0) is 13.1 Å². The average molecular weight is 363 g/mol. The van der Waals surface area contributed by atoms with Gasteiger partial charge in [-0.15, -0.1) is 0 Å². The number of benzene rings is 1. The van der Waals surface area contributed by atoms with Crippen molar-refractivity contribution < 1.29 is 8.81 Å². The Kier molecular flexibility index (Phi) is 4.36. The van der Waals surface area contributed by atoms with E-state index in [-0.39, 0.29) is 5.82 Å². The SMILES string of the molecule is Fc1ccc(Br)cc1CNCc1ccc(Br)o1. The van der Waals surface area contributed by atoms with Gasteiger partial charge in [-0.1, -0.05) is 15.9 Å². The summed E-state index contributed by atoms with van der Waals surface area (Å²) in [6.45, 7) is 1.03. The van der Waals surface area contributed by atoms with Gasteiger partial charge in [0.25, 0.3) is 0 Å². The minimum atomic E-state index is -0.207. The number of furan rings is 1. The van der Waals surface area contributed by atoms with Gasteiger partial charge in [0.1, 0.15) is 11.6 Å². The van der Waals surface area contributed by atoms with Crippen molar-refractivity contribution in [1.29, 1.82) is 0 Å². The second kappa shape index (κ2) is 5.80. The average Bonchev–Trinajstić information content (AvgIpc) is 2.69. The standard InChI is InChI=1S/C12H10Br2FNO/c13-9-1-3-11(15)8(5-9)6-16-7-10-2-4-12(14)17-10/h1-5,16H,6-7H2. The third-order valence-electron chi connectivity index (χ3n) is 2.25. The van der Waals surface area contributed by atoms with Crippen molar-refractivity contribution in [2.75, 3.05) is 0 Å². The summed E-state index contributed by atoms with van der Waals surface area (Å²) in [5.74, 6) is 0.605. The van der Waals surface area contributed by atoms with E-state index in [9.17, 15) is 4.39 Å².